The highest BCUT2D eigenvalue weighted by Crippen LogP contribution is 2.13. The molecule has 7 nitrogen and oxygen atoms in total. The van der Waals surface area contributed by atoms with Crippen molar-refractivity contribution in [2.45, 2.75) is 13.8 Å². The number of nitrogens with zero attached hydrogens (tertiary/aromatic N) is 6. The number of anilines is 1. The molecule has 0 radical (unpaired) electrons. The summed E-state index contributed by atoms with van der Waals surface area (Å²) in [4.78, 5) is 14.5. The van der Waals surface area contributed by atoms with Crippen molar-refractivity contribution in [3.8, 4) is 6.01 Å². The largest absolute Gasteiger partial charge is 0.464 e. The summed E-state index contributed by atoms with van der Waals surface area (Å²) in [7, 11) is 3.73. The number of aromatic nitrogens is 5. The summed E-state index contributed by atoms with van der Waals surface area (Å²) in [5, 5.41) is 4.17. The van der Waals surface area contributed by atoms with E-state index in [1.807, 2.05) is 21.0 Å². The molecule has 0 spiro atoms. The molecule has 2 heterocycles. The van der Waals surface area contributed by atoms with Crippen LogP contribution in [-0.4, -0.2) is 45.3 Å². The Morgan fingerprint density at radius 1 is 1.25 bits per heavy atom. The molecule has 2 rings (SSSR count). The molecule has 0 unspecified atom stereocenters. The Labute approximate surface area is 93.1 Å². The average Bonchev–Trinajstić information content (AvgIpc) is 2.58. The van der Waals surface area contributed by atoms with Crippen LogP contribution in [0.2, 0.25) is 0 Å². The Kier molecular flexibility index (Phi) is 2.59. The molecular formula is C9H14N6O. The predicted octanol–water partition coefficient (Wildman–Crippen LogP) is 0.292. The standard InChI is InChI=1S/C9H14N6O/c1-5-16-9-12-7(14(3)4)11-8-10-6(2)13-15(8)9/h5H2,1-4H3. The van der Waals surface area contributed by atoms with E-state index in [0.717, 1.165) is 0 Å². The minimum atomic E-state index is 0.414. The molecule has 86 valence electrons. The van der Waals surface area contributed by atoms with Crippen molar-refractivity contribution >= 4 is 11.7 Å². The number of hydrogen-bond donors (Lipinski definition) is 0. The third-order valence-electron chi connectivity index (χ3n) is 1.95. The second-order valence-corrected chi connectivity index (χ2v) is 3.50. The lowest BCUT2D eigenvalue weighted by Crippen LogP contribution is -2.15. The zero-order valence-electron chi connectivity index (χ0n) is 9.80. The van der Waals surface area contributed by atoms with Gasteiger partial charge < -0.3 is 9.64 Å². The fourth-order valence-electron chi connectivity index (χ4n) is 1.27. The maximum absolute atomic E-state index is 5.41. The van der Waals surface area contributed by atoms with Gasteiger partial charge in [0.25, 0.3) is 5.78 Å². The molecule has 0 atom stereocenters. The van der Waals surface area contributed by atoms with Crippen molar-refractivity contribution in [2.75, 3.05) is 25.6 Å². The molecule has 0 amide bonds. The number of fused-ring (bicyclic) bond motifs is 1. The van der Waals surface area contributed by atoms with Crippen molar-refractivity contribution in [3.63, 3.8) is 0 Å². The van der Waals surface area contributed by atoms with Crippen LogP contribution in [0, 0.1) is 6.92 Å². The molecule has 0 saturated carbocycles. The molecule has 0 saturated heterocycles. The van der Waals surface area contributed by atoms with Crippen molar-refractivity contribution in [1.82, 2.24) is 24.6 Å². The third-order valence-corrected chi connectivity index (χ3v) is 1.95. The summed E-state index contributed by atoms with van der Waals surface area (Å²) in [6, 6.07) is 0.414. The first-order valence-electron chi connectivity index (χ1n) is 5.03. The van der Waals surface area contributed by atoms with Gasteiger partial charge in [0.05, 0.1) is 6.61 Å². The molecule has 7 heteroatoms. The van der Waals surface area contributed by atoms with Gasteiger partial charge in [0.1, 0.15) is 0 Å². The summed E-state index contributed by atoms with van der Waals surface area (Å²) in [5.41, 5.74) is 0. The highest BCUT2D eigenvalue weighted by Gasteiger charge is 2.12. The van der Waals surface area contributed by atoms with E-state index in [0.29, 0.717) is 30.2 Å². The van der Waals surface area contributed by atoms with Crippen LogP contribution in [0.1, 0.15) is 12.7 Å². The van der Waals surface area contributed by atoms with Gasteiger partial charge in [-0.05, 0) is 13.8 Å². The van der Waals surface area contributed by atoms with Crippen LogP contribution in [0.5, 0.6) is 6.01 Å². The number of ether oxygens (including phenoxy) is 1. The van der Waals surface area contributed by atoms with Gasteiger partial charge in [0.2, 0.25) is 5.95 Å². The molecule has 0 fully saturated rings. The highest BCUT2D eigenvalue weighted by atomic mass is 16.5. The predicted molar refractivity (Wildman–Crippen MR) is 58.8 cm³/mol. The number of hydrogen-bond acceptors (Lipinski definition) is 6. The second kappa shape index (κ2) is 3.92. The lowest BCUT2D eigenvalue weighted by Gasteiger charge is -2.11. The van der Waals surface area contributed by atoms with E-state index in [-0.39, 0.29) is 0 Å². The molecular weight excluding hydrogens is 208 g/mol. The van der Waals surface area contributed by atoms with Gasteiger partial charge in [-0.25, -0.2) is 0 Å². The van der Waals surface area contributed by atoms with E-state index >= 15 is 0 Å². The maximum Gasteiger partial charge on any atom is 0.324 e. The molecule has 16 heavy (non-hydrogen) atoms. The Bertz CT molecular complexity index is 506. The summed E-state index contributed by atoms with van der Waals surface area (Å²) in [6.45, 7) is 4.23. The zero-order valence-corrected chi connectivity index (χ0v) is 9.80. The maximum atomic E-state index is 5.41. The lowest BCUT2D eigenvalue weighted by atomic mass is 10.7. The average molecular weight is 222 g/mol. The zero-order chi connectivity index (χ0) is 11.7. The normalized spacial score (nSPS) is 10.8. The van der Waals surface area contributed by atoms with Crippen molar-refractivity contribution in [3.05, 3.63) is 5.82 Å². The Balaban J connectivity index is 2.63. The topological polar surface area (TPSA) is 68.4 Å². The van der Waals surface area contributed by atoms with Crippen LogP contribution in [0.25, 0.3) is 5.78 Å². The first kappa shape index (κ1) is 10.6. The van der Waals surface area contributed by atoms with Gasteiger partial charge in [0.15, 0.2) is 5.82 Å². The summed E-state index contributed by atoms with van der Waals surface area (Å²) < 4.78 is 6.91. The monoisotopic (exact) mass is 222 g/mol. The molecule has 0 aliphatic carbocycles. The minimum Gasteiger partial charge on any atom is -0.464 e. The Morgan fingerprint density at radius 2 is 2.00 bits per heavy atom. The van der Waals surface area contributed by atoms with E-state index in [9.17, 15) is 0 Å². The fraction of sp³-hybridized carbons (Fsp3) is 0.556. The van der Waals surface area contributed by atoms with Crippen LogP contribution >= 0.6 is 0 Å². The summed E-state index contributed by atoms with van der Waals surface area (Å²) in [6.07, 6.45) is 0. The molecule has 0 aromatic carbocycles. The Morgan fingerprint density at radius 3 is 2.62 bits per heavy atom. The Hall–Kier alpha value is -1.92. The van der Waals surface area contributed by atoms with Gasteiger partial charge in [-0.15, -0.1) is 9.61 Å². The molecule has 0 bridgehead atoms. The van der Waals surface area contributed by atoms with Crippen LogP contribution in [0.4, 0.5) is 5.95 Å². The smallest absolute Gasteiger partial charge is 0.324 e. The minimum absolute atomic E-state index is 0.414. The van der Waals surface area contributed by atoms with Gasteiger partial charge in [0, 0.05) is 14.1 Å². The van der Waals surface area contributed by atoms with Gasteiger partial charge in [-0.3, -0.25) is 0 Å². The van der Waals surface area contributed by atoms with Crippen LogP contribution in [0.15, 0.2) is 0 Å². The fourth-order valence-corrected chi connectivity index (χ4v) is 1.27. The highest BCUT2D eigenvalue weighted by molar-refractivity contribution is 5.39. The first-order valence-corrected chi connectivity index (χ1v) is 5.03. The van der Waals surface area contributed by atoms with Crippen molar-refractivity contribution in [1.29, 1.82) is 0 Å². The van der Waals surface area contributed by atoms with E-state index in [4.69, 9.17) is 4.74 Å². The van der Waals surface area contributed by atoms with Gasteiger partial charge in [-0.2, -0.15) is 15.0 Å². The van der Waals surface area contributed by atoms with Gasteiger partial charge >= 0.3 is 6.01 Å². The quantitative estimate of drug-likeness (QED) is 0.743. The van der Waals surface area contributed by atoms with E-state index < -0.39 is 0 Å². The molecule has 0 aliphatic rings. The van der Waals surface area contributed by atoms with Gasteiger partial charge in [-0.1, -0.05) is 0 Å². The molecule has 0 N–H and O–H groups in total. The SMILES string of the molecule is CCOc1nc(N(C)C)nc2nc(C)nn12. The first-order chi connectivity index (χ1) is 7.61. The van der Waals surface area contributed by atoms with Crippen LogP contribution < -0.4 is 9.64 Å². The summed E-state index contributed by atoms with van der Waals surface area (Å²) in [5.74, 6) is 1.70. The molecule has 2 aromatic heterocycles. The molecule has 2 aromatic rings. The number of aryl methyl sites for hydroxylation is 1. The van der Waals surface area contributed by atoms with Crippen molar-refractivity contribution in [2.24, 2.45) is 0 Å². The number of rotatable bonds is 3. The van der Waals surface area contributed by atoms with Crippen LogP contribution in [0.3, 0.4) is 0 Å². The van der Waals surface area contributed by atoms with Crippen LogP contribution in [-0.2, 0) is 0 Å². The van der Waals surface area contributed by atoms with E-state index in [2.05, 4.69) is 20.1 Å². The van der Waals surface area contributed by atoms with Crippen molar-refractivity contribution < 1.29 is 4.74 Å². The molecule has 0 aliphatic heterocycles. The third kappa shape index (κ3) is 1.75. The van der Waals surface area contributed by atoms with E-state index in [1.54, 1.807) is 11.8 Å². The summed E-state index contributed by atoms with van der Waals surface area (Å²) >= 11 is 0. The second-order valence-electron chi connectivity index (χ2n) is 3.50. The van der Waals surface area contributed by atoms with E-state index in [1.165, 1.54) is 4.52 Å². The lowest BCUT2D eigenvalue weighted by molar-refractivity contribution is 0.302.